The summed E-state index contributed by atoms with van der Waals surface area (Å²) in [6.07, 6.45) is 2.41. The Morgan fingerprint density at radius 2 is 1.71 bits per heavy atom. The van der Waals surface area contributed by atoms with E-state index in [1.54, 1.807) is 26.4 Å². The normalized spacial score (nSPS) is 20.0. The van der Waals surface area contributed by atoms with Gasteiger partial charge in [-0.1, -0.05) is 6.07 Å². The molecule has 4 rings (SSSR count). The first-order chi connectivity index (χ1) is 15.2. The summed E-state index contributed by atoms with van der Waals surface area (Å²) in [7, 11) is 3.50. The van der Waals surface area contributed by atoms with Crippen molar-refractivity contribution in [3.63, 3.8) is 0 Å². The van der Waals surface area contributed by atoms with Gasteiger partial charge in [0.25, 0.3) is 0 Å². The summed E-state index contributed by atoms with van der Waals surface area (Å²) in [4.78, 5) is 6.12. The first kappa shape index (κ1) is 22.4. The van der Waals surface area contributed by atoms with Crippen molar-refractivity contribution in [1.82, 2.24) is 9.21 Å². The molecule has 31 heavy (non-hydrogen) atoms. The molecule has 0 aromatic heterocycles. The van der Waals surface area contributed by atoms with Crippen molar-refractivity contribution < 1.29 is 13.9 Å². The Bertz CT molecular complexity index is 843. The molecule has 0 N–H and O–H groups in total. The highest BCUT2D eigenvalue weighted by molar-refractivity contribution is 7.97. The van der Waals surface area contributed by atoms with Gasteiger partial charge in [-0.15, -0.1) is 0 Å². The van der Waals surface area contributed by atoms with Gasteiger partial charge in [0.2, 0.25) is 0 Å². The third-order valence-electron chi connectivity index (χ3n) is 6.15. The minimum absolute atomic E-state index is 0.0481. The predicted octanol–water partition coefficient (Wildman–Crippen LogP) is 4.45. The number of ether oxygens (including phenoxy) is 2. The molecule has 2 heterocycles. The van der Waals surface area contributed by atoms with Gasteiger partial charge in [-0.25, -0.2) is 8.70 Å². The molecule has 0 radical (unpaired) electrons. The van der Waals surface area contributed by atoms with Gasteiger partial charge in [-0.05, 0) is 67.7 Å². The minimum Gasteiger partial charge on any atom is -0.496 e. The lowest BCUT2D eigenvalue weighted by Crippen LogP contribution is -2.46. The van der Waals surface area contributed by atoms with E-state index in [0.717, 1.165) is 57.3 Å². The second-order valence-corrected chi connectivity index (χ2v) is 9.23. The molecule has 0 saturated carbocycles. The van der Waals surface area contributed by atoms with Crippen LogP contribution in [0, 0.1) is 5.82 Å². The van der Waals surface area contributed by atoms with Crippen LogP contribution in [0.1, 0.15) is 24.5 Å². The van der Waals surface area contributed by atoms with Gasteiger partial charge >= 0.3 is 0 Å². The summed E-state index contributed by atoms with van der Waals surface area (Å²) in [5, 5.41) is 0. The summed E-state index contributed by atoms with van der Waals surface area (Å²) >= 11 is 1.82. The number of unbranched alkanes of at least 4 members (excludes halogenated alkanes) is 1. The molecule has 0 spiro atoms. The highest BCUT2D eigenvalue weighted by atomic mass is 32.2. The molecule has 1 atom stereocenters. The van der Waals surface area contributed by atoms with E-state index in [1.165, 1.54) is 23.3 Å². The van der Waals surface area contributed by atoms with Crippen LogP contribution >= 0.6 is 11.9 Å². The second kappa shape index (κ2) is 10.7. The van der Waals surface area contributed by atoms with Crippen LogP contribution in [0.5, 0.6) is 5.75 Å². The Balaban J connectivity index is 1.20. The van der Waals surface area contributed by atoms with E-state index in [0.29, 0.717) is 0 Å². The fourth-order valence-corrected chi connectivity index (χ4v) is 5.56. The maximum atomic E-state index is 13.1. The first-order valence-corrected chi connectivity index (χ1v) is 11.8. The van der Waals surface area contributed by atoms with Gasteiger partial charge in [0.1, 0.15) is 17.7 Å². The highest BCUT2D eigenvalue weighted by Crippen LogP contribution is 2.42. The summed E-state index contributed by atoms with van der Waals surface area (Å²) in [5.41, 5.74) is 2.29. The van der Waals surface area contributed by atoms with E-state index in [2.05, 4.69) is 20.2 Å². The Morgan fingerprint density at radius 3 is 2.42 bits per heavy atom. The molecule has 0 amide bonds. The summed E-state index contributed by atoms with van der Waals surface area (Å²) in [6, 6.07) is 13.1. The van der Waals surface area contributed by atoms with E-state index in [-0.39, 0.29) is 11.9 Å². The zero-order valence-electron chi connectivity index (χ0n) is 18.4. The Labute approximate surface area is 189 Å². The van der Waals surface area contributed by atoms with Crippen LogP contribution in [0.4, 0.5) is 10.1 Å². The second-order valence-electron chi connectivity index (χ2n) is 8.09. The maximum absolute atomic E-state index is 13.1. The molecule has 2 aliphatic heterocycles. The number of piperazine rings is 1. The van der Waals surface area contributed by atoms with Crippen LogP contribution in [0.25, 0.3) is 0 Å². The van der Waals surface area contributed by atoms with Crippen molar-refractivity contribution in [1.29, 1.82) is 0 Å². The number of rotatable bonds is 8. The Hall–Kier alpha value is -1.80. The maximum Gasteiger partial charge on any atom is 0.125 e. The Morgan fingerprint density at radius 1 is 0.968 bits per heavy atom. The number of nitrogens with zero attached hydrogens (tertiary/aromatic N) is 3. The minimum atomic E-state index is -0.172. The summed E-state index contributed by atoms with van der Waals surface area (Å²) in [6.45, 7) is 7.20. The zero-order valence-corrected chi connectivity index (χ0v) is 19.2. The van der Waals surface area contributed by atoms with Crippen LogP contribution < -0.4 is 9.64 Å². The lowest BCUT2D eigenvalue weighted by atomic mass is 10.1. The smallest absolute Gasteiger partial charge is 0.125 e. The fourth-order valence-electron chi connectivity index (χ4n) is 4.39. The lowest BCUT2D eigenvalue weighted by Gasteiger charge is -2.36. The topological polar surface area (TPSA) is 28.2 Å². The largest absolute Gasteiger partial charge is 0.496 e. The van der Waals surface area contributed by atoms with E-state index in [9.17, 15) is 4.39 Å². The molecule has 2 aliphatic rings. The fraction of sp³-hybridized carbons (Fsp3) is 0.500. The van der Waals surface area contributed by atoms with E-state index in [1.807, 2.05) is 36.2 Å². The van der Waals surface area contributed by atoms with Gasteiger partial charge in [-0.2, -0.15) is 0 Å². The van der Waals surface area contributed by atoms with Crippen molar-refractivity contribution in [2.45, 2.75) is 23.8 Å². The average molecular weight is 446 g/mol. The average Bonchev–Trinajstić information content (AvgIpc) is 2.81. The number of halogens is 1. The molecule has 7 heteroatoms. The number of fused-ring (bicyclic) bond motifs is 1. The molecular weight excluding hydrogens is 413 g/mol. The first-order valence-electron chi connectivity index (χ1n) is 11.0. The van der Waals surface area contributed by atoms with Gasteiger partial charge in [-0.3, -0.25) is 4.90 Å². The van der Waals surface area contributed by atoms with E-state index >= 15 is 0 Å². The quantitative estimate of drug-likeness (QED) is 0.440. The molecule has 1 unspecified atom stereocenters. The van der Waals surface area contributed by atoms with Crippen molar-refractivity contribution in [2.24, 2.45) is 0 Å². The lowest BCUT2D eigenvalue weighted by molar-refractivity contribution is 0.0788. The van der Waals surface area contributed by atoms with Crippen molar-refractivity contribution in [2.75, 3.05) is 64.9 Å². The third-order valence-corrected chi connectivity index (χ3v) is 7.29. The SMILES string of the molecule is COc1cccc2c1C(OC)CN(CCCCN1CCN(c3ccc(F)cc3)CC1)S2. The van der Waals surface area contributed by atoms with Crippen LogP contribution in [0.3, 0.4) is 0 Å². The van der Waals surface area contributed by atoms with Gasteiger partial charge in [0, 0.05) is 62.5 Å². The Kier molecular flexibility index (Phi) is 7.72. The van der Waals surface area contributed by atoms with E-state index in [4.69, 9.17) is 9.47 Å². The van der Waals surface area contributed by atoms with Gasteiger partial charge in [0.05, 0.1) is 7.11 Å². The number of anilines is 1. The highest BCUT2D eigenvalue weighted by Gasteiger charge is 2.29. The van der Waals surface area contributed by atoms with Crippen molar-refractivity contribution in [3.05, 3.63) is 53.8 Å². The zero-order chi connectivity index (χ0) is 21.6. The van der Waals surface area contributed by atoms with Crippen LogP contribution in [-0.4, -0.2) is 69.2 Å². The van der Waals surface area contributed by atoms with Crippen LogP contribution in [-0.2, 0) is 4.74 Å². The summed E-state index contributed by atoms with van der Waals surface area (Å²) in [5.74, 6) is 0.741. The number of hydrogen-bond acceptors (Lipinski definition) is 6. The molecule has 0 aliphatic carbocycles. The number of benzene rings is 2. The monoisotopic (exact) mass is 445 g/mol. The molecule has 5 nitrogen and oxygen atoms in total. The molecule has 2 aromatic carbocycles. The van der Waals surface area contributed by atoms with E-state index < -0.39 is 0 Å². The third kappa shape index (κ3) is 5.52. The number of methoxy groups -OCH3 is 2. The molecule has 0 bridgehead atoms. The molecule has 2 aromatic rings. The number of hydrogen-bond donors (Lipinski definition) is 0. The van der Waals surface area contributed by atoms with Gasteiger partial charge in [0.15, 0.2) is 0 Å². The molecular formula is C24H32FN3O2S. The molecule has 1 fully saturated rings. The van der Waals surface area contributed by atoms with Crippen molar-refractivity contribution in [3.8, 4) is 5.75 Å². The summed E-state index contributed by atoms with van der Waals surface area (Å²) < 4.78 is 26.9. The predicted molar refractivity (Wildman–Crippen MR) is 124 cm³/mol. The standard InChI is InChI=1S/C24H32FN3O2S/c1-29-21-6-5-7-23-24(21)22(30-2)18-28(31-23)13-4-3-12-26-14-16-27(17-15-26)20-10-8-19(25)9-11-20/h5-11,22H,3-4,12-18H2,1-2H3. The molecule has 168 valence electrons. The van der Waals surface area contributed by atoms with Crippen LogP contribution in [0.2, 0.25) is 0 Å². The van der Waals surface area contributed by atoms with Crippen LogP contribution in [0.15, 0.2) is 47.4 Å². The van der Waals surface area contributed by atoms with Gasteiger partial charge < -0.3 is 14.4 Å². The molecule has 1 saturated heterocycles. The van der Waals surface area contributed by atoms with Crippen molar-refractivity contribution >= 4 is 17.6 Å².